The number of benzene rings is 1. The van der Waals surface area contributed by atoms with Crippen LogP contribution in [-0.4, -0.2) is 43.5 Å². The highest BCUT2D eigenvalue weighted by atomic mass is 35.5. The lowest BCUT2D eigenvalue weighted by Crippen LogP contribution is -2.45. The molecule has 4 nitrogen and oxygen atoms in total. The molecule has 1 aromatic carbocycles. The van der Waals surface area contributed by atoms with Gasteiger partial charge in [0.15, 0.2) is 0 Å². The van der Waals surface area contributed by atoms with E-state index in [0.717, 1.165) is 44.0 Å². The van der Waals surface area contributed by atoms with E-state index >= 15 is 0 Å². The van der Waals surface area contributed by atoms with Gasteiger partial charge in [-0.15, -0.1) is 0 Å². The lowest BCUT2D eigenvalue weighted by molar-refractivity contribution is -0.118. The monoisotopic (exact) mass is 427 g/mol. The number of anilines is 2. The van der Waals surface area contributed by atoms with Crippen LogP contribution in [0.5, 0.6) is 0 Å². The minimum absolute atomic E-state index is 0.0709. The zero-order chi connectivity index (χ0) is 19.8. The van der Waals surface area contributed by atoms with Crippen LogP contribution in [0, 0.1) is 0 Å². The molecule has 0 saturated carbocycles. The summed E-state index contributed by atoms with van der Waals surface area (Å²) in [6, 6.07) is 6.00. The van der Waals surface area contributed by atoms with Crippen molar-refractivity contribution in [1.29, 1.82) is 0 Å². The Hall–Kier alpha value is -1.62. The summed E-state index contributed by atoms with van der Waals surface area (Å²) >= 11 is 18.7. The number of carbonyl (C=O) groups excluding carboxylic acids is 1. The van der Waals surface area contributed by atoms with Crippen molar-refractivity contribution in [3.8, 4) is 0 Å². The molecule has 0 aliphatic carbocycles. The molecule has 0 radical (unpaired) electrons. The SMILES string of the molecule is C=C/C=C(Cl)\C=C(\Cl)C[C@@H](C)Nc1cc(N2CCN(C=O)CC2)ccc1Cl. The summed E-state index contributed by atoms with van der Waals surface area (Å²) in [6.07, 6.45) is 6.54. The van der Waals surface area contributed by atoms with E-state index in [9.17, 15) is 4.79 Å². The van der Waals surface area contributed by atoms with E-state index in [1.165, 1.54) is 0 Å². The van der Waals surface area contributed by atoms with Crippen LogP contribution in [0.15, 0.2) is 53.1 Å². The molecule has 0 unspecified atom stereocenters. The van der Waals surface area contributed by atoms with Gasteiger partial charge in [0.1, 0.15) is 0 Å². The summed E-state index contributed by atoms with van der Waals surface area (Å²) in [5.74, 6) is 0. The van der Waals surface area contributed by atoms with Gasteiger partial charge in [0.2, 0.25) is 6.41 Å². The maximum atomic E-state index is 10.9. The Kier molecular flexibility index (Phi) is 8.55. The standard InChI is InChI=1S/C20H24Cl3N3O/c1-3-4-16(21)12-17(22)11-15(2)24-20-13-18(5-6-19(20)23)26-9-7-25(14-27)8-10-26/h3-6,12-15,24H,1,7-11H2,2H3/b16-4+,17-12+/t15-/m1/s1. The molecule has 1 N–H and O–H groups in total. The molecule has 146 valence electrons. The van der Waals surface area contributed by atoms with Gasteiger partial charge in [-0.3, -0.25) is 4.79 Å². The minimum Gasteiger partial charge on any atom is -0.381 e. The van der Waals surface area contributed by atoms with Crippen LogP contribution in [-0.2, 0) is 4.79 Å². The molecule has 7 heteroatoms. The van der Waals surface area contributed by atoms with Crippen LogP contribution in [0.1, 0.15) is 13.3 Å². The Labute approximate surface area is 176 Å². The number of carbonyl (C=O) groups is 1. The number of halogens is 3. The van der Waals surface area contributed by atoms with Crippen molar-refractivity contribution in [2.24, 2.45) is 0 Å². The molecule has 0 spiro atoms. The Morgan fingerprint density at radius 3 is 2.63 bits per heavy atom. The van der Waals surface area contributed by atoms with Gasteiger partial charge in [-0.2, -0.15) is 0 Å². The normalized spacial score (nSPS) is 16.9. The van der Waals surface area contributed by atoms with Crippen molar-refractivity contribution < 1.29 is 4.79 Å². The average Bonchev–Trinajstić information content (AvgIpc) is 2.63. The molecule has 1 saturated heterocycles. The van der Waals surface area contributed by atoms with Gasteiger partial charge in [-0.1, -0.05) is 47.5 Å². The second kappa shape index (κ2) is 10.6. The van der Waals surface area contributed by atoms with Crippen molar-refractivity contribution in [2.75, 3.05) is 36.4 Å². The summed E-state index contributed by atoms with van der Waals surface area (Å²) in [6.45, 7) is 8.70. The summed E-state index contributed by atoms with van der Waals surface area (Å²) in [7, 11) is 0. The topological polar surface area (TPSA) is 35.6 Å². The van der Waals surface area contributed by atoms with Crippen LogP contribution >= 0.6 is 34.8 Å². The number of piperazine rings is 1. The number of allylic oxidation sites excluding steroid dienone is 4. The van der Waals surface area contributed by atoms with E-state index in [-0.39, 0.29) is 6.04 Å². The first kappa shape index (κ1) is 21.7. The zero-order valence-corrected chi connectivity index (χ0v) is 17.6. The Morgan fingerprint density at radius 2 is 2.00 bits per heavy atom. The highest BCUT2D eigenvalue weighted by Crippen LogP contribution is 2.29. The Bertz CT molecular complexity index is 725. The van der Waals surface area contributed by atoms with Crippen LogP contribution in [0.3, 0.4) is 0 Å². The van der Waals surface area contributed by atoms with E-state index in [4.69, 9.17) is 34.8 Å². The van der Waals surface area contributed by atoms with Gasteiger partial charge >= 0.3 is 0 Å². The van der Waals surface area contributed by atoms with Gasteiger partial charge in [0.25, 0.3) is 0 Å². The number of amides is 1. The molecule has 1 atom stereocenters. The minimum atomic E-state index is 0.0709. The van der Waals surface area contributed by atoms with E-state index in [2.05, 4.69) is 16.8 Å². The third-order valence-corrected chi connectivity index (χ3v) is 5.08. The summed E-state index contributed by atoms with van der Waals surface area (Å²) in [5.41, 5.74) is 1.94. The second-order valence-electron chi connectivity index (χ2n) is 6.42. The van der Waals surface area contributed by atoms with Gasteiger partial charge in [-0.25, -0.2) is 0 Å². The fraction of sp³-hybridized carbons (Fsp3) is 0.350. The third kappa shape index (κ3) is 6.80. The quantitative estimate of drug-likeness (QED) is 0.454. The predicted molar refractivity (Wildman–Crippen MR) is 117 cm³/mol. The molecular weight excluding hydrogens is 405 g/mol. The molecule has 0 aromatic heterocycles. The Balaban J connectivity index is 2.02. The molecular formula is C20H24Cl3N3O. The first-order valence-corrected chi connectivity index (χ1v) is 9.91. The van der Waals surface area contributed by atoms with Crippen molar-refractivity contribution in [2.45, 2.75) is 19.4 Å². The van der Waals surface area contributed by atoms with Gasteiger partial charge in [0, 0.05) is 54.4 Å². The van der Waals surface area contributed by atoms with E-state index in [1.54, 1.807) is 23.1 Å². The molecule has 2 rings (SSSR count). The number of hydrogen-bond acceptors (Lipinski definition) is 3. The first-order chi connectivity index (χ1) is 12.9. The number of rotatable bonds is 8. The predicted octanol–water partition coefficient (Wildman–Crippen LogP) is 5.24. The highest BCUT2D eigenvalue weighted by molar-refractivity contribution is 6.34. The molecule has 1 heterocycles. The second-order valence-corrected chi connectivity index (χ2v) is 7.75. The third-order valence-electron chi connectivity index (χ3n) is 4.25. The lowest BCUT2D eigenvalue weighted by atomic mass is 10.1. The maximum Gasteiger partial charge on any atom is 0.209 e. The summed E-state index contributed by atoms with van der Waals surface area (Å²) in [5, 5.41) is 5.25. The molecule has 1 fully saturated rings. The first-order valence-electron chi connectivity index (χ1n) is 8.77. The van der Waals surface area contributed by atoms with Crippen molar-refractivity contribution in [1.82, 2.24) is 4.90 Å². The van der Waals surface area contributed by atoms with Crippen LogP contribution in [0.2, 0.25) is 5.02 Å². The number of nitrogens with one attached hydrogen (secondary N) is 1. The van der Waals surface area contributed by atoms with E-state index in [0.29, 0.717) is 21.5 Å². The molecule has 1 aromatic rings. The smallest absolute Gasteiger partial charge is 0.209 e. The van der Waals surface area contributed by atoms with E-state index < -0.39 is 0 Å². The van der Waals surface area contributed by atoms with Crippen molar-refractivity contribution in [3.05, 3.63) is 58.1 Å². The Morgan fingerprint density at radius 1 is 1.30 bits per heavy atom. The molecule has 0 bridgehead atoms. The zero-order valence-electron chi connectivity index (χ0n) is 15.3. The summed E-state index contributed by atoms with van der Waals surface area (Å²) < 4.78 is 0. The highest BCUT2D eigenvalue weighted by Gasteiger charge is 2.17. The van der Waals surface area contributed by atoms with Gasteiger partial charge in [0.05, 0.1) is 10.7 Å². The fourth-order valence-electron chi connectivity index (χ4n) is 2.88. The summed E-state index contributed by atoms with van der Waals surface area (Å²) in [4.78, 5) is 14.9. The average molecular weight is 429 g/mol. The van der Waals surface area contributed by atoms with Crippen molar-refractivity contribution in [3.63, 3.8) is 0 Å². The number of nitrogens with zero attached hydrogens (tertiary/aromatic N) is 2. The molecule has 27 heavy (non-hydrogen) atoms. The van der Waals surface area contributed by atoms with E-state index in [1.807, 2.05) is 25.1 Å². The van der Waals surface area contributed by atoms with Crippen molar-refractivity contribution >= 4 is 52.6 Å². The fourth-order valence-corrected chi connectivity index (χ4v) is 3.68. The number of hydrogen-bond donors (Lipinski definition) is 1. The molecule has 1 aliphatic rings. The largest absolute Gasteiger partial charge is 0.381 e. The molecule has 1 amide bonds. The maximum absolute atomic E-state index is 10.9. The van der Waals surface area contributed by atoms with Crippen LogP contribution in [0.25, 0.3) is 0 Å². The molecule has 1 aliphatic heterocycles. The van der Waals surface area contributed by atoms with Crippen LogP contribution in [0.4, 0.5) is 11.4 Å². The van der Waals surface area contributed by atoms with Crippen LogP contribution < -0.4 is 10.2 Å². The lowest BCUT2D eigenvalue weighted by Gasteiger charge is -2.34. The van der Waals surface area contributed by atoms with Gasteiger partial charge < -0.3 is 15.1 Å². The van der Waals surface area contributed by atoms with Gasteiger partial charge in [-0.05, 0) is 37.3 Å².